The number of thioether (sulfide) groups is 1. The Bertz CT molecular complexity index is 258. The van der Waals surface area contributed by atoms with E-state index in [9.17, 15) is 0 Å². The van der Waals surface area contributed by atoms with Crippen LogP contribution in [0.4, 0.5) is 0 Å². The number of rotatable bonds is 1. The Balaban J connectivity index is 2.23. The summed E-state index contributed by atoms with van der Waals surface area (Å²) >= 11 is 1.83. The lowest BCUT2D eigenvalue weighted by atomic mass is 10.3. The van der Waals surface area contributed by atoms with Gasteiger partial charge in [-0.2, -0.15) is 0 Å². The summed E-state index contributed by atoms with van der Waals surface area (Å²) in [7, 11) is 0. The molecule has 11 heavy (non-hydrogen) atoms. The Morgan fingerprint density at radius 1 is 1.55 bits per heavy atom. The van der Waals surface area contributed by atoms with Crippen LogP contribution in [0.3, 0.4) is 0 Å². The monoisotopic (exact) mass is 164 g/mol. The molecule has 2 heterocycles. The summed E-state index contributed by atoms with van der Waals surface area (Å²) in [5.74, 6) is 1.03. The van der Waals surface area contributed by atoms with E-state index in [4.69, 9.17) is 0 Å². The molecular formula is C8H8N2S. The van der Waals surface area contributed by atoms with Crippen molar-refractivity contribution in [1.29, 1.82) is 0 Å². The first kappa shape index (κ1) is 6.85. The van der Waals surface area contributed by atoms with Gasteiger partial charge in [-0.25, -0.2) is 0 Å². The molecule has 1 unspecified atom stereocenters. The van der Waals surface area contributed by atoms with Gasteiger partial charge in [-0.05, 0) is 6.07 Å². The predicted molar refractivity (Wildman–Crippen MR) is 47.9 cm³/mol. The third-order valence-electron chi connectivity index (χ3n) is 1.54. The number of aromatic nitrogens is 1. The van der Waals surface area contributed by atoms with Crippen molar-refractivity contribution in [3.8, 4) is 0 Å². The Labute approximate surface area is 69.8 Å². The maximum Gasteiger partial charge on any atom is 0.122 e. The second-order valence-corrected chi connectivity index (χ2v) is 3.42. The lowest BCUT2D eigenvalue weighted by Gasteiger charge is -2.03. The van der Waals surface area contributed by atoms with E-state index in [-0.39, 0.29) is 0 Å². The first-order valence-electron chi connectivity index (χ1n) is 3.50. The van der Waals surface area contributed by atoms with Gasteiger partial charge in [0.1, 0.15) is 5.37 Å². The quantitative estimate of drug-likeness (QED) is 0.633. The molecule has 1 aliphatic rings. The molecule has 0 saturated carbocycles. The molecule has 0 saturated heterocycles. The van der Waals surface area contributed by atoms with E-state index in [1.54, 1.807) is 6.20 Å². The van der Waals surface area contributed by atoms with E-state index in [1.807, 2.05) is 30.2 Å². The van der Waals surface area contributed by atoms with Crippen molar-refractivity contribution in [3.05, 3.63) is 30.1 Å². The summed E-state index contributed by atoms with van der Waals surface area (Å²) in [5.41, 5.74) is 1.20. The number of hydrogen-bond donors (Lipinski definition) is 0. The van der Waals surface area contributed by atoms with Gasteiger partial charge in [0.2, 0.25) is 0 Å². The molecule has 0 radical (unpaired) electrons. The predicted octanol–water partition coefficient (Wildman–Crippen LogP) is 1.90. The van der Waals surface area contributed by atoms with Crippen molar-refractivity contribution in [2.24, 2.45) is 4.99 Å². The molecule has 0 aliphatic carbocycles. The zero-order chi connectivity index (χ0) is 7.52. The smallest absolute Gasteiger partial charge is 0.122 e. The van der Waals surface area contributed by atoms with Crippen molar-refractivity contribution in [2.45, 2.75) is 5.37 Å². The zero-order valence-corrected chi connectivity index (χ0v) is 6.79. The molecule has 1 aromatic heterocycles. The third-order valence-corrected chi connectivity index (χ3v) is 2.59. The molecule has 1 atom stereocenters. The van der Waals surface area contributed by atoms with Crippen molar-refractivity contribution in [3.63, 3.8) is 0 Å². The molecule has 0 N–H and O–H groups in total. The average molecular weight is 164 g/mol. The van der Waals surface area contributed by atoms with Crippen molar-refractivity contribution < 1.29 is 0 Å². The highest BCUT2D eigenvalue weighted by Gasteiger charge is 2.12. The van der Waals surface area contributed by atoms with Crippen molar-refractivity contribution in [1.82, 2.24) is 4.98 Å². The molecular weight excluding hydrogens is 156 g/mol. The third kappa shape index (κ3) is 1.43. The van der Waals surface area contributed by atoms with Crippen molar-refractivity contribution in [2.75, 3.05) is 5.75 Å². The van der Waals surface area contributed by atoms with E-state index in [0.29, 0.717) is 5.37 Å². The fourth-order valence-electron chi connectivity index (χ4n) is 1.02. The molecule has 1 aliphatic heterocycles. The van der Waals surface area contributed by atoms with Gasteiger partial charge >= 0.3 is 0 Å². The van der Waals surface area contributed by atoms with Gasteiger partial charge in [0.05, 0.1) is 0 Å². The first-order valence-corrected chi connectivity index (χ1v) is 4.55. The molecule has 0 bridgehead atoms. The van der Waals surface area contributed by atoms with Crippen LogP contribution in [-0.2, 0) is 0 Å². The lowest BCUT2D eigenvalue weighted by molar-refractivity contribution is 1.03. The SMILES string of the molecule is C1=NC(c2cccnc2)SC1. The highest BCUT2D eigenvalue weighted by molar-refractivity contribution is 8.00. The van der Waals surface area contributed by atoms with Crippen LogP contribution in [0.25, 0.3) is 0 Å². The van der Waals surface area contributed by atoms with Crippen LogP contribution in [0.15, 0.2) is 29.5 Å². The van der Waals surface area contributed by atoms with Crippen molar-refractivity contribution >= 4 is 18.0 Å². The molecule has 0 aromatic carbocycles. The highest BCUT2D eigenvalue weighted by atomic mass is 32.2. The fraction of sp³-hybridized carbons (Fsp3) is 0.250. The van der Waals surface area contributed by atoms with Crippen LogP contribution in [0.1, 0.15) is 10.9 Å². The van der Waals surface area contributed by atoms with E-state index in [1.165, 1.54) is 5.56 Å². The Hall–Kier alpha value is -0.830. The Morgan fingerprint density at radius 2 is 2.55 bits per heavy atom. The van der Waals surface area contributed by atoms with Gasteiger partial charge in [0.15, 0.2) is 0 Å². The molecule has 0 amide bonds. The Morgan fingerprint density at radius 3 is 3.18 bits per heavy atom. The maximum atomic E-state index is 4.30. The standard InChI is InChI=1S/C8H8N2S/c1-2-7(6-9-3-1)8-10-4-5-11-8/h1-4,6,8H,5H2. The second-order valence-electron chi connectivity index (χ2n) is 2.30. The zero-order valence-electron chi connectivity index (χ0n) is 5.97. The number of aliphatic imine (C=N–C) groups is 1. The van der Waals surface area contributed by atoms with Crippen LogP contribution in [0.2, 0.25) is 0 Å². The Kier molecular flexibility index (Phi) is 1.90. The van der Waals surface area contributed by atoms with E-state index >= 15 is 0 Å². The summed E-state index contributed by atoms with van der Waals surface area (Å²) in [5, 5.41) is 0.295. The summed E-state index contributed by atoms with van der Waals surface area (Å²) in [4.78, 5) is 8.35. The molecule has 1 aromatic rings. The molecule has 0 fully saturated rings. The molecule has 2 rings (SSSR count). The van der Waals surface area contributed by atoms with Crippen LogP contribution in [-0.4, -0.2) is 17.0 Å². The van der Waals surface area contributed by atoms with Gasteiger partial charge in [-0.1, -0.05) is 6.07 Å². The minimum atomic E-state index is 0.295. The van der Waals surface area contributed by atoms with Crippen LogP contribution in [0, 0.1) is 0 Å². The summed E-state index contributed by atoms with van der Waals surface area (Å²) in [6, 6.07) is 4.01. The maximum absolute atomic E-state index is 4.30. The minimum Gasteiger partial charge on any atom is -0.278 e. The first-order chi connectivity index (χ1) is 5.47. The minimum absolute atomic E-state index is 0.295. The van der Waals surface area contributed by atoms with E-state index in [2.05, 4.69) is 16.0 Å². The summed E-state index contributed by atoms with van der Waals surface area (Å²) in [6.45, 7) is 0. The molecule has 2 nitrogen and oxygen atoms in total. The molecule has 0 spiro atoms. The van der Waals surface area contributed by atoms with Crippen LogP contribution < -0.4 is 0 Å². The van der Waals surface area contributed by atoms with Crippen LogP contribution >= 0.6 is 11.8 Å². The van der Waals surface area contributed by atoms with E-state index < -0.39 is 0 Å². The second kappa shape index (κ2) is 3.05. The summed E-state index contributed by atoms with van der Waals surface area (Å²) in [6.07, 6.45) is 5.62. The average Bonchev–Trinajstić information content (AvgIpc) is 2.58. The largest absolute Gasteiger partial charge is 0.278 e. The topological polar surface area (TPSA) is 25.2 Å². The summed E-state index contributed by atoms with van der Waals surface area (Å²) < 4.78 is 0. The number of nitrogens with zero attached hydrogens (tertiary/aromatic N) is 2. The normalized spacial score (nSPS) is 22.4. The van der Waals surface area contributed by atoms with Crippen LogP contribution in [0.5, 0.6) is 0 Å². The number of hydrogen-bond acceptors (Lipinski definition) is 3. The lowest BCUT2D eigenvalue weighted by Crippen LogP contribution is -1.86. The van der Waals surface area contributed by atoms with Gasteiger partial charge in [-0.3, -0.25) is 9.98 Å². The molecule has 3 heteroatoms. The number of pyridine rings is 1. The fourth-order valence-corrected chi connectivity index (χ4v) is 1.88. The van der Waals surface area contributed by atoms with Gasteiger partial charge < -0.3 is 0 Å². The van der Waals surface area contributed by atoms with Gasteiger partial charge in [-0.15, -0.1) is 11.8 Å². The highest BCUT2D eigenvalue weighted by Crippen LogP contribution is 2.32. The molecule has 56 valence electrons. The van der Waals surface area contributed by atoms with Gasteiger partial charge in [0.25, 0.3) is 0 Å². The van der Waals surface area contributed by atoms with E-state index in [0.717, 1.165) is 5.75 Å². The van der Waals surface area contributed by atoms with Gasteiger partial charge in [0, 0.05) is 29.9 Å².